The van der Waals surface area contributed by atoms with Crippen molar-refractivity contribution in [2.45, 2.75) is 29.1 Å². The first-order valence-corrected chi connectivity index (χ1v) is 10.8. The molecule has 0 aromatic heterocycles. The van der Waals surface area contributed by atoms with E-state index in [1.807, 2.05) is 0 Å². The molecule has 2 rings (SSSR count). The second kappa shape index (κ2) is 8.52. The van der Waals surface area contributed by atoms with E-state index >= 15 is 0 Å². The molecule has 0 aliphatic rings. The topological polar surface area (TPSA) is 121 Å². The Morgan fingerprint density at radius 2 is 1.80 bits per heavy atom. The van der Waals surface area contributed by atoms with Gasteiger partial charge in [0.15, 0.2) is 0 Å². The molecule has 0 fully saturated rings. The predicted molar refractivity (Wildman–Crippen MR) is 99.2 cm³/mol. The van der Waals surface area contributed by atoms with Crippen LogP contribution < -0.4 is 4.74 Å². The van der Waals surface area contributed by atoms with E-state index in [1.165, 1.54) is 0 Å². The zero-order valence-corrected chi connectivity index (χ0v) is 17.1. The van der Waals surface area contributed by atoms with Crippen LogP contribution in [-0.4, -0.2) is 34.8 Å². The summed E-state index contributed by atoms with van der Waals surface area (Å²) in [6, 6.07) is 6.21. The van der Waals surface area contributed by atoms with Gasteiger partial charge in [-0.2, -0.15) is 13.2 Å². The molecule has 0 spiro atoms. The van der Waals surface area contributed by atoms with Crippen molar-refractivity contribution in [3.8, 4) is 5.75 Å². The number of halogens is 3. The van der Waals surface area contributed by atoms with Crippen LogP contribution in [0, 0.1) is 24.0 Å². The maximum absolute atomic E-state index is 12.7. The molecule has 2 aromatic carbocycles. The highest BCUT2D eigenvalue weighted by Crippen LogP contribution is 2.34. The van der Waals surface area contributed by atoms with E-state index in [0.29, 0.717) is 17.7 Å². The lowest BCUT2D eigenvalue weighted by molar-refractivity contribution is -0.388. The molecular weight excluding hydrogens is 451 g/mol. The lowest BCUT2D eigenvalue weighted by Crippen LogP contribution is -2.23. The van der Waals surface area contributed by atoms with Crippen molar-refractivity contribution in [3.05, 3.63) is 57.6 Å². The molecule has 0 aliphatic heterocycles. The average molecular weight is 465 g/mol. The number of aryl methyl sites for hydroxylation is 2. The molecule has 1 unspecified atom stereocenters. The van der Waals surface area contributed by atoms with Crippen LogP contribution >= 0.6 is 0 Å². The van der Waals surface area contributed by atoms with Crippen LogP contribution in [-0.2, 0) is 25.4 Å². The zero-order chi connectivity index (χ0) is 22.9. The first-order valence-electron chi connectivity index (χ1n) is 8.00. The summed E-state index contributed by atoms with van der Waals surface area (Å²) in [6.45, 7) is 3.40. The third-order valence-electron chi connectivity index (χ3n) is 3.80. The van der Waals surface area contributed by atoms with E-state index in [9.17, 15) is 40.7 Å². The van der Waals surface area contributed by atoms with Gasteiger partial charge in [-0.3, -0.25) is 19.1 Å². The van der Waals surface area contributed by atoms with Gasteiger partial charge in [-0.05, 0) is 43.2 Å². The summed E-state index contributed by atoms with van der Waals surface area (Å²) in [7, 11) is -8.22. The zero-order valence-electron chi connectivity index (χ0n) is 15.4. The van der Waals surface area contributed by atoms with Crippen molar-refractivity contribution in [1.82, 2.24) is 0 Å². The number of carbonyl (C=O) groups is 1. The molecule has 0 aliphatic carbocycles. The van der Waals surface area contributed by atoms with Gasteiger partial charge in [-0.15, -0.1) is 0 Å². The normalized spacial score (nSPS) is 13.0. The number of nitro benzene ring substituents is 1. The Morgan fingerprint density at radius 1 is 1.17 bits per heavy atom. The van der Waals surface area contributed by atoms with Crippen molar-refractivity contribution in [3.63, 3.8) is 0 Å². The SMILES string of the molecule is Cc1ccc(C)c(OC(=O)CS(=O)c2ccc(S(=O)(=O)C(F)(F)F)cc2[N+](=O)[O-])c1. The Labute approximate surface area is 171 Å². The molecule has 0 radical (unpaired) electrons. The van der Waals surface area contributed by atoms with Crippen LogP contribution in [0.3, 0.4) is 0 Å². The fourth-order valence-corrected chi connectivity index (χ4v) is 4.08. The van der Waals surface area contributed by atoms with E-state index in [1.54, 1.807) is 32.0 Å². The molecule has 0 bridgehead atoms. The number of ether oxygens (including phenoxy) is 1. The summed E-state index contributed by atoms with van der Waals surface area (Å²) in [4.78, 5) is 20.1. The second-order valence-corrected chi connectivity index (χ2v) is 9.43. The second-order valence-electron chi connectivity index (χ2n) is 6.07. The Balaban J connectivity index is 2.32. The minimum absolute atomic E-state index is 0.159. The van der Waals surface area contributed by atoms with Crippen LogP contribution in [0.4, 0.5) is 18.9 Å². The predicted octanol–water partition coefficient (Wildman–Crippen LogP) is 3.22. The highest BCUT2D eigenvalue weighted by Gasteiger charge is 2.47. The van der Waals surface area contributed by atoms with Crippen LogP contribution in [0.5, 0.6) is 5.75 Å². The number of carbonyl (C=O) groups excluding carboxylic acids is 1. The molecule has 30 heavy (non-hydrogen) atoms. The van der Waals surface area contributed by atoms with E-state index < -0.39 is 58.3 Å². The van der Waals surface area contributed by atoms with Crippen LogP contribution in [0.15, 0.2) is 46.2 Å². The fourth-order valence-electron chi connectivity index (χ4n) is 2.29. The maximum atomic E-state index is 12.7. The summed E-state index contributed by atoms with van der Waals surface area (Å²) in [5.41, 5.74) is -5.41. The quantitative estimate of drug-likeness (QED) is 0.278. The first kappa shape index (κ1) is 23.5. The largest absolute Gasteiger partial charge is 0.501 e. The number of sulfone groups is 1. The van der Waals surface area contributed by atoms with Crippen LogP contribution in [0.2, 0.25) is 0 Å². The lowest BCUT2D eigenvalue weighted by Gasteiger charge is -2.10. The van der Waals surface area contributed by atoms with Crippen LogP contribution in [0.25, 0.3) is 0 Å². The third kappa shape index (κ3) is 5.02. The number of benzene rings is 2. The number of esters is 1. The van der Waals surface area contributed by atoms with Gasteiger partial charge in [0.25, 0.3) is 15.5 Å². The van der Waals surface area contributed by atoms with Crippen molar-refractivity contribution < 1.29 is 40.3 Å². The summed E-state index contributed by atoms with van der Waals surface area (Å²) in [6.07, 6.45) is 0. The number of hydrogen-bond acceptors (Lipinski definition) is 7. The first-order chi connectivity index (χ1) is 13.7. The average Bonchev–Trinajstić information content (AvgIpc) is 2.63. The summed E-state index contributed by atoms with van der Waals surface area (Å²) < 4.78 is 78.4. The van der Waals surface area contributed by atoms with Gasteiger partial charge < -0.3 is 4.74 Å². The van der Waals surface area contributed by atoms with Crippen molar-refractivity contribution >= 4 is 32.3 Å². The number of alkyl halides is 3. The molecule has 1 atom stereocenters. The number of hydrogen-bond donors (Lipinski definition) is 0. The van der Waals surface area contributed by atoms with Crippen molar-refractivity contribution in [2.75, 3.05) is 5.75 Å². The van der Waals surface area contributed by atoms with E-state index in [4.69, 9.17) is 4.74 Å². The fraction of sp³-hybridized carbons (Fsp3) is 0.235. The van der Waals surface area contributed by atoms with Gasteiger partial charge in [0.05, 0.1) is 20.6 Å². The number of nitrogens with zero attached hydrogens (tertiary/aromatic N) is 1. The molecule has 162 valence electrons. The minimum atomic E-state index is -5.84. The van der Waals surface area contributed by atoms with Gasteiger partial charge in [-0.1, -0.05) is 12.1 Å². The Bertz CT molecular complexity index is 1140. The molecule has 8 nitrogen and oxygen atoms in total. The minimum Gasteiger partial charge on any atom is -0.426 e. The van der Waals surface area contributed by atoms with E-state index in [0.717, 1.165) is 5.56 Å². The third-order valence-corrected chi connectivity index (χ3v) is 6.62. The van der Waals surface area contributed by atoms with Gasteiger partial charge in [0, 0.05) is 6.07 Å². The number of rotatable bonds is 6. The molecule has 13 heteroatoms. The summed E-state index contributed by atoms with van der Waals surface area (Å²) >= 11 is 0. The van der Waals surface area contributed by atoms with E-state index in [-0.39, 0.29) is 11.8 Å². The summed E-state index contributed by atoms with van der Waals surface area (Å²) in [5, 5.41) is 11.2. The van der Waals surface area contributed by atoms with Crippen molar-refractivity contribution in [2.24, 2.45) is 0 Å². The molecule has 0 saturated carbocycles. The maximum Gasteiger partial charge on any atom is 0.501 e. The monoisotopic (exact) mass is 465 g/mol. The van der Waals surface area contributed by atoms with Crippen molar-refractivity contribution in [1.29, 1.82) is 0 Å². The molecule has 2 aromatic rings. The highest BCUT2D eigenvalue weighted by molar-refractivity contribution is 7.92. The molecule has 0 amide bonds. The molecule has 0 heterocycles. The Kier molecular flexibility index (Phi) is 6.67. The smallest absolute Gasteiger partial charge is 0.426 e. The van der Waals surface area contributed by atoms with Gasteiger partial charge >= 0.3 is 11.5 Å². The van der Waals surface area contributed by atoms with E-state index in [2.05, 4.69) is 0 Å². The van der Waals surface area contributed by atoms with Gasteiger partial charge in [0.1, 0.15) is 16.4 Å². The summed E-state index contributed by atoms with van der Waals surface area (Å²) in [5.74, 6) is -1.64. The molecule has 0 N–H and O–H groups in total. The highest BCUT2D eigenvalue weighted by atomic mass is 32.2. The van der Waals surface area contributed by atoms with Crippen LogP contribution in [0.1, 0.15) is 11.1 Å². The van der Waals surface area contributed by atoms with Gasteiger partial charge in [-0.25, -0.2) is 8.42 Å². The molecular formula is C17H14F3NO7S2. The lowest BCUT2D eigenvalue weighted by atomic mass is 10.1. The van der Waals surface area contributed by atoms with Gasteiger partial charge in [0.2, 0.25) is 0 Å². The number of nitro groups is 1. The molecule has 0 saturated heterocycles. The standard InChI is InChI=1S/C17H14F3NO7S2/c1-10-3-4-11(2)14(7-10)28-16(22)9-29(25)15-6-5-12(8-13(15)21(23)24)30(26,27)17(18,19)20/h3-8H,9H2,1-2H3. The Morgan fingerprint density at radius 3 is 2.37 bits per heavy atom. The Hall–Kier alpha value is -2.80.